The molecule has 0 aliphatic heterocycles. The Morgan fingerprint density at radius 2 is 2.50 bits per heavy atom. The van der Waals surface area contributed by atoms with Crippen LogP contribution in [-0.4, -0.2) is 24.3 Å². The van der Waals surface area contributed by atoms with Crippen LogP contribution in [0.4, 0.5) is 0 Å². The van der Waals surface area contributed by atoms with Crippen molar-refractivity contribution in [1.29, 1.82) is 0 Å². The molecule has 1 aromatic rings. The standard InChI is InChI=1S/C10H14O3S/c1-13-10(12)9(11)4-2-3-8-5-6-14-7-8/h5-7,9,11H,2-4H2,1H3. The van der Waals surface area contributed by atoms with Gasteiger partial charge in [-0.25, -0.2) is 4.79 Å². The third-order valence-electron chi connectivity index (χ3n) is 2.00. The van der Waals surface area contributed by atoms with Crippen LogP contribution >= 0.6 is 11.3 Å². The molecular formula is C10H14O3S. The highest BCUT2D eigenvalue weighted by molar-refractivity contribution is 7.07. The van der Waals surface area contributed by atoms with Crippen molar-refractivity contribution in [3.63, 3.8) is 0 Å². The Hall–Kier alpha value is -0.870. The smallest absolute Gasteiger partial charge is 0.334 e. The molecular weight excluding hydrogens is 200 g/mol. The van der Waals surface area contributed by atoms with Gasteiger partial charge in [0.05, 0.1) is 7.11 Å². The molecule has 14 heavy (non-hydrogen) atoms. The number of hydrogen-bond acceptors (Lipinski definition) is 4. The summed E-state index contributed by atoms with van der Waals surface area (Å²) in [4.78, 5) is 10.8. The second-order valence-electron chi connectivity index (χ2n) is 3.06. The van der Waals surface area contributed by atoms with E-state index in [0.29, 0.717) is 6.42 Å². The molecule has 0 spiro atoms. The van der Waals surface area contributed by atoms with Gasteiger partial charge in [-0.1, -0.05) is 0 Å². The number of aliphatic hydroxyl groups is 1. The highest BCUT2D eigenvalue weighted by atomic mass is 32.1. The number of ether oxygens (including phenoxy) is 1. The number of esters is 1. The van der Waals surface area contributed by atoms with Crippen molar-refractivity contribution >= 4 is 17.3 Å². The van der Waals surface area contributed by atoms with Crippen LogP contribution in [0.5, 0.6) is 0 Å². The molecule has 0 saturated heterocycles. The fourth-order valence-electron chi connectivity index (χ4n) is 1.19. The van der Waals surface area contributed by atoms with E-state index < -0.39 is 12.1 Å². The topological polar surface area (TPSA) is 46.5 Å². The van der Waals surface area contributed by atoms with E-state index in [1.807, 2.05) is 5.38 Å². The number of aryl methyl sites for hydroxylation is 1. The number of carbonyl (C=O) groups excluding carboxylic acids is 1. The van der Waals surface area contributed by atoms with Gasteiger partial charge in [0.25, 0.3) is 0 Å². The summed E-state index contributed by atoms with van der Waals surface area (Å²) in [6, 6.07) is 2.05. The van der Waals surface area contributed by atoms with Crippen molar-refractivity contribution in [2.45, 2.75) is 25.4 Å². The minimum Gasteiger partial charge on any atom is -0.467 e. The highest BCUT2D eigenvalue weighted by Crippen LogP contribution is 2.10. The number of aliphatic hydroxyl groups excluding tert-OH is 1. The number of hydrogen-bond donors (Lipinski definition) is 1. The molecule has 0 saturated carbocycles. The largest absolute Gasteiger partial charge is 0.467 e. The molecule has 0 aliphatic rings. The minimum absolute atomic E-state index is 0.461. The molecule has 0 radical (unpaired) electrons. The van der Waals surface area contributed by atoms with E-state index >= 15 is 0 Å². The van der Waals surface area contributed by atoms with Gasteiger partial charge in [-0.3, -0.25) is 0 Å². The molecule has 1 rings (SSSR count). The maximum Gasteiger partial charge on any atom is 0.334 e. The molecule has 1 heterocycles. The number of rotatable bonds is 5. The second kappa shape index (κ2) is 5.78. The van der Waals surface area contributed by atoms with Gasteiger partial charge < -0.3 is 9.84 Å². The molecule has 4 heteroatoms. The van der Waals surface area contributed by atoms with Gasteiger partial charge in [0.1, 0.15) is 0 Å². The van der Waals surface area contributed by atoms with Crippen LogP contribution in [0, 0.1) is 0 Å². The van der Waals surface area contributed by atoms with Gasteiger partial charge in [-0.05, 0) is 41.7 Å². The molecule has 1 atom stereocenters. The SMILES string of the molecule is COC(=O)C(O)CCCc1ccsc1. The fourth-order valence-corrected chi connectivity index (χ4v) is 1.89. The zero-order valence-electron chi connectivity index (χ0n) is 8.10. The Morgan fingerprint density at radius 3 is 3.07 bits per heavy atom. The summed E-state index contributed by atoms with van der Waals surface area (Å²) in [6.45, 7) is 0. The van der Waals surface area contributed by atoms with Crippen LogP contribution < -0.4 is 0 Å². The predicted octanol–water partition coefficient (Wildman–Crippen LogP) is 1.60. The lowest BCUT2D eigenvalue weighted by atomic mass is 10.1. The van der Waals surface area contributed by atoms with Crippen LogP contribution in [0.1, 0.15) is 18.4 Å². The van der Waals surface area contributed by atoms with Gasteiger partial charge in [-0.2, -0.15) is 11.3 Å². The quantitative estimate of drug-likeness (QED) is 0.757. The number of methoxy groups -OCH3 is 1. The van der Waals surface area contributed by atoms with E-state index in [1.54, 1.807) is 11.3 Å². The molecule has 0 bridgehead atoms. The summed E-state index contributed by atoms with van der Waals surface area (Å²) < 4.78 is 4.41. The van der Waals surface area contributed by atoms with Crippen molar-refractivity contribution in [2.75, 3.05) is 7.11 Å². The second-order valence-corrected chi connectivity index (χ2v) is 3.84. The first-order valence-electron chi connectivity index (χ1n) is 4.51. The van der Waals surface area contributed by atoms with E-state index in [9.17, 15) is 9.90 Å². The molecule has 1 unspecified atom stereocenters. The third kappa shape index (κ3) is 3.47. The fraction of sp³-hybridized carbons (Fsp3) is 0.500. The molecule has 1 aromatic heterocycles. The van der Waals surface area contributed by atoms with Gasteiger partial charge in [0.2, 0.25) is 0 Å². The summed E-state index contributed by atoms with van der Waals surface area (Å²) in [5, 5.41) is 13.4. The summed E-state index contributed by atoms with van der Waals surface area (Å²) >= 11 is 1.66. The van der Waals surface area contributed by atoms with Gasteiger partial charge in [-0.15, -0.1) is 0 Å². The van der Waals surface area contributed by atoms with E-state index in [4.69, 9.17) is 0 Å². The minimum atomic E-state index is -0.973. The number of carbonyl (C=O) groups is 1. The Kier molecular flexibility index (Phi) is 4.62. The summed E-state index contributed by atoms with van der Waals surface area (Å²) in [6.07, 6.45) is 1.19. The Balaban J connectivity index is 2.18. The van der Waals surface area contributed by atoms with Crippen LogP contribution in [0.3, 0.4) is 0 Å². The first kappa shape index (κ1) is 11.2. The van der Waals surface area contributed by atoms with E-state index in [1.165, 1.54) is 12.7 Å². The lowest BCUT2D eigenvalue weighted by Crippen LogP contribution is -2.21. The van der Waals surface area contributed by atoms with Crippen molar-refractivity contribution in [3.8, 4) is 0 Å². The first-order chi connectivity index (χ1) is 6.74. The zero-order chi connectivity index (χ0) is 10.4. The Labute approximate surface area is 87.3 Å². The van der Waals surface area contributed by atoms with Crippen LogP contribution in [0.15, 0.2) is 16.8 Å². The predicted molar refractivity (Wildman–Crippen MR) is 55.3 cm³/mol. The van der Waals surface area contributed by atoms with Gasteiger partial charge in [0.15, 0.2) is 6.10 Å². The van der Waals surface area contributed by atoms with Crippen molar-refractivity contribution in [3.05, 3.63) is 22.4 Å². The van der Waals surface area contributed by atoms with E-state index in [2.05, 4.69) is 16.2 Å². The van der Waals surface area contributed by atoms with Crippen molar-refractivity contribution in [1.82, 2.24) is 0 Å². The normalized spacial score (nSPS) is 12.4. The average molecular weight is 214 g/mol. The molecule has 0 aliphatic carbocycles. The maximum absolute atomic E-state index is 10.8. The average Bonchev–Trinajstić information content (AvgIpc) is 2.69. The molecule has 1 N–H and O–H groups in total. The first-order valence-corrected chi connectivity index (χ1v) is 5.45. The van der Waals surface area contributed by atoms with E-state index in [-0.39, 0.29) is 0 Å². The zero-order valence-corrected chi connectivity index (χ0v) is 8.92. The van der Waals surface area contributed by atoms with Gasteiger partial charge >= 0.3 is 5.97 Å². The lowest BCUT2D eigenvalue weighted by molar-refractivity contribution is -0.150. The Morgan fingerprint density at radius 1 is 1.71 bits per heavy atom. The van der Waals surface area contributed by atoms with Crippen molar-refractivity contribution < 1.29 is 14.6 Å². The molecule has 78 valence electrons. The summed E-state index contributed by atoms with van der Waals surface area (Å²) in [7, 11) is 1.28. The maximum atomic E-state index is 10.8. The van der Waals surface area contributed by atoms with E-state index in [0.717, 1.165) is 12.8 Å². The number of thiophene rings is 1. The lowest BCUT2D eigenvalue weighted by Gasteiger charge is -2.06. The molecule has 0 aromatic carbocycles. The van der Waals surface area contributed by atoms with Crippen LogP contribution in [-0.2, 0) is 16.0 Å². The molecule has 0 fully saturated rings. The third-order valence-corrected chi connectivity index (χ3v) is 2.73. The summed E-state index contributed by atoms with van der Waals surface area (Å²) in [5.74, 6) is -0.546. The van der Waals surface area contributed by atoms with Crippen molar-refractivity contribution in [2.24, 2.45) is 0 Å². The molecule has 0 amide bonds. The van der Waals surface area contributed by atoms with Crippen LogP contribution in [0.25, 0.3) is 0 Å². The van der Waals surface area contributed by atoms with Gasteiger partial charge in [0, 0.05) is 0 Å². The monoisotopic (exact) mass is 214 g/mol. The highest BCUT2D eigenvalue weighted by Gasteiger charge is 2.14. The van der Waals surface area contributed by atoms with Crippen LogP contribution in [0.2, 0.25) is 0 Å². The summed E-state index contributed by atoms with van der Waals surface area (Å²) in [5.41, 5.74) is 1.26. The molecule has 3 nitrogen and oxygen atoms in total. The Bertz CT molecular complexity index is 269.